The van der Waals surface area contributed by atoms with Gasteiger partial charge in [-0.05, 0) is 52.0 Å². The lowest BCUT2D eigenvalue weighted by molar-refractivity contribution is -0.384. The molecule has 3 rings (SSSR count). The van der Waals surface area contributed by atoms with Gasteiger partial charge in [-0.15, -0.1) is 0 Å². The fraction of sp³-hybridized carbons (Fsp3) is 0.462. The van der Waals surface area contributed by atoms with E-state index in [1.807, 2.05) is 25.7 Å². The predicted octanol–water partition coefficient (Wildman–Crippen LogP) is 3.93. The first-order valence-corrected chi connectivity index (χ1v) is 12.4. The Kier molecular flexibility index (Phi) is 9.53. The van der Waals surface area contributed by atoms with Gasteiger partial charge < -0.3 is 28.7 Å². The molecule has 2 aromatic carbocycles. The van der Waals surface area contributed by atoms with E-state index in [4.69, 9.17) is 18.9 Å². The van der Waals surface area contributed by atoms with Crippen LogP contribution in [0.15, 0.2) is 30.3 Å². The van der Waals surface area contributed by atoms with E-state index in [9.17, 15) is 19.7 Å². The molecular formula is C26H33N3O8. The highest BCUT2D eigenvalue weighted by Crippen LogP contribution is 2.39. The second-order valence-corrected chi connectivity index (χ2v) is 8.06. The van der Waals surface area contributed by atoms with Gasteiger partial charge in [0.1, 0.15) is 5.69 Å². The van der Waals surface area contributed by atoms with Crippen LogP contribution in [0, 0.1) is 10.1 Å². The molecule has 1 heterocycles. The first-order valence-electron chi connectivity index (χ1n) is 12.4. The van der Waals surface area contributed by atoms with Gasteiger partial charge in [0.05, 0.1) is 36.9 Å². The summed E-state index contributed by atoms with van der Waals surface area (Å²) in [5.41, 5.74) is 0.744. The molecule has 0 spiro atoms. The standard InChI is InChI=1S/C26H33N3O8/c1-5-34-22-16-19(17-23(35-6-2)24(22)36-7-3)25(30)28-13-11-27(12-14-28)20-10-9-18(26(31)37-8-4)15-21(20)29(32)33/h9-10,15-17H,5-8,11-14H2,1-4H3. The molecule has 0 unspecified atom stereocenters. The zero-order chi connectivity index (χ0) is 26.9. The Hall–Kier alpha value is -4.02. The van der Waals surface area contributed by atoms with Gasteiger partial charge in [0.2, 0.25) is 5.75 Å². The average molecular weight is 516 g/mol. The number of nitrogens with zero attached hydrogens (tertiary/aromatic N) is 3. The number of anilines is 1. The Morgan fingerprint density at radius 3 is 1.95 bits per heavy atom. The number of rotatable bonds is 11. The first kappa shape index (κ1) is 27.6. The van der Waals surface area contributed by atoms with Crippen LogP contribution in [0.5, 0.6) is 17.2 Å². The number of piperazine rings is 1. The highest BCUT2D eigenvalue weighted by Gasteiger charge is 2.28. The molecule has 11 nitrogen and oxygen atoms in total. The second kappa shape index (κ2) is 12.8. The van der Waals surface area contributed by atoms with Gasteiger partial charge in [-0.25, -0.2) is 4.79 Å². The third-order valence-corrected chi connectivity index (χ3v) is 5.75. The Morgan fingerprint density at radius 2 is 1.43 bits per heavy atom. The van der Waals surface area contributed by atoms with Crippen LogP contribution >= 0.6 is 0 Å². The topological polar surface area (TPSA) is 121 Å². The zero-order valence-corrected chi connectivity index (χ0v) is 21.7. The largest absolute Gasteiger partial charge is 0.490 e. The lowest BCUT2D eigenvalue weighted by atomic mass is 10.1. The van der Waals surface area contributed by atoms with Crippen molar-refractivity contribution in [1.29, 1.82) is 0 Å². The molecule has 0 N–H and O–H groups in total. The van der Waals surface area contributed by atoms with E-state index in [-0.39, 0.29) is 23.8 Å². The molecule has 11 heteroatoms. The number of carbonyl (C=O) groups excluding carboxylic acids is 2. The molecule has 0 bridgehead atoms. The van der Waals surface area contributed by atoms with E-state index in [0.717, 1.165) is 0 Å². The van der Waals surface area contributed by atoms with E-state index < -0.39 is 10.9 Å². The van der Waals surface area contributed by atoms with Gasteiger partial charge in [-0.1, -0.05) is 0 Å². The molecular weight excluding hydrogens is 482 g/mol. The minimum absolute atomic E-state index is 0.122. The van der Waals surface area contributed by atoms with Crippen molar-refractivity contribution >= 4 is 23.3 Å². The molecule has 200 valence electrons. The fourth-order valence-corrected chi connectivity index (χ4v) is 4.12. The van der Waals surface area contributed by atoms with Crippen molar-refractivity contribution in [2.45, 2.75) is 27.7 Å². The monoisotopic (exact) mass is 515 g/mol. The fourth-order valence-electron chi connectivity index (χ4n) is 4.12. The van der Waals surface area contributed by atoms with Crippen molar-refractivity contribution in [3.8, 4) is 17.2 Å². The number of carbonyl (C=O) groups is 2. The Morgan fingerprint density at radius 1 is 0.838 bits per heavy atom. The molecule has 1 aliphatic heterocycles. The smallest absolute Gasteiger partial charge is 0.338 e. The lowest BCUT2D eigenvalue weighted by Crippen LogP contribution is -2.49. The minimum atomic E-state index is -0.610. The molecule has 0 aromatic heterocycles. The van der Waals surface area contributed by atoms with Crippen molar-refractivity contribution in [2.24, 2.45) is 0 Å². The van der Waals surface area contributed by atoms with Crippen LogP contribution in [0.3, 0.4) is 0 Å². The van der Waals surface area contributed by atoms with Crippen molar-refractivity contribution in [3.05, 3.63) is 51.6 Å². The first-order chi connectivity index (χ1) is 17.8. The molecule has 0 aliphatic carbocycles. The maximum Gasteiger partial charge on any atom is 0.338 e. The summed E-state index contributed by atoms with van der Waals surface area (Å²) in [5, 5.41) is 11.7. The zero-order valence-electron chi connectivity index (χ0n) is 21.7. The van der Waals surface area contributed by atoms with Gasteiger partial charge in [0, 0.05) is 37.8 Å². The highest BCUT2D eigenvalue weighted by molar-refractivity contribution is 5.96. The predicted molar refractivity (Wildman–Crippen MR) is 137 cm³/mol. The number of hydrogen-bond acceptors (Lipinski definition) is 9. The van der Waals surface area contributed by atoms with Gasteiger partial charge >= 0.3 is 5.97 Å². The maximum absolute atomic E-state index is 13.4. The second-order valence-electron chi connectivity index (χ2n) is 8.06. The lowest BCUT2D eigenvalue weighted by Gasteiger charge is -2.36. The van der Waals surface area contributed by atoms with Crippen molar-refractivity contribution in [2.75, 3.05) is 57.5 Å². The van der Waals surface area contributed by atoms with Crippen molar-refractivity contribution < 1.29 is 33.5 Å². The summed E-state index contributed by atoms with van der Waals surface area (Å²) in [4.78, 5) is 40.1. The van der Waals surface area contributed by atoms with E-state index in [1.54, 1.807) is 30.0 Å². The summed E-state index contributed by atoms with van der Waals surface area (Å²) < 4.78 is 22.1. The molecule has 0 saturated carbocycles. The molecule has 0 atom stereocenters. The maximum atomic E-state index is 13.4. The molecule has 1 amide bonds. The molecule has 1 aliphatic rings. The minimum Gasteiger partial charge on any atom is -0.490 e. The normalized spacial score (nSPS) is 13.2. The summed E-state index contributed by atoms with van der Waals surface area (Å²) in [6.45, 7) is 10.1. The van der Waals surface area contributed by atoms with Crippen LogP contribution in [0.2, 0.25) is 0 Å². The Balaban J connectivity index is 1.79. The van der Waals surface area contributed by atoms with Crippen LogP contribution in [0.25, 0.3) is 0 Å². The van der Waals surface area contributed by atoms with Crippen LogP contribution in [0.4, 0.5) is 11.4 Å². The third kappa shape index (κ3) is 6.41. The number of hydrogen-bond donors (Lipinski definition) is 0. The van der Waals surface area contributed by atoms with Crippen LogP contribution < -0.4 is 19.1 Å². The van der Waals surface area contributed by atoms with Gasteiger partial charge in [0.25, 0.3) is 11.6 Å². The number of nitro benzene ring substituents is 1. The van der Waals surface area contributed by atoms with Gasteiger partial charge in [-0.2, -0.15) is 0 Å². The quantitative estimate of drug-likeness (QED) is 0.249. The third-order valence-electron chi connectivity index (χ3n) is 5.75. The molecule has 1 fully saturated rings. The molecule has 1 saturated heterocycles. The molecule has 37 heavy (non-hydrogen) atoms. The van der Waals surface area contributed by atoms with E-state index >= 15 is 0 Å². The van der Waals surface area contributed by atoms with Crippen LogP contribution in [-0.4, -0.2) is 74.3 Å². The highest BCUT2D eigenvalue weighted by atomic mass is 16.6. The van der Waals surface area contributed by atoms with E-state index in [1.165, 1.54) is 12.1 Å². The summed E-state index contributed by atoms with van der Waals surface area (Å²) in [5.74, 6) is 0.535. The summed E-state index contributed by atoms with van der Waals surface area (Å²) in [7, 11) is 0. The number of esters is 1. The average Bonchev–Trinajstić information content (AvgIpc) is 2.90. The SMILES string of the molecule is CCOC(=O)c1ccc(N2CCN(C(=O)c3cc(OCC)c(OCC)c(OCC)c3)CC2)c([N+](=O)[O-])c1. The van der Waals surface area contributed by atoms with Crippen LogP contribution in [0.1, 0.15) is 48.4 Å². The Bertz CT molecular complexity index is 1100. The van der Waals surface area contributed by atoms with Gasteiger partial charge in [0.15, 0.2) is 11.5 Å². The molecule has 2 aromatic rings. The number of benzene rings is 2. The number of ether oxygens (including phenoxy) is 4. The summed E-state index contributed by atoms with van der Waals surface area (Å²) in [6, 6.07) is 7.62. The number of amides is 1. The number of nitro groups is 1. The molecule has 0 radical (unpaired) electrons. The van der Waals surface area contributed by atoms with Gasteiger partial charge in [-0.3, -0.25) is 14.9 Å². The van der Waals surface area contributed by atoms with Crippen LogP contribution in [-0.2, 0) is 4.74 Å². The van der Waals surface area contributed by atoms with E-state index in [2.05, 4.69) is 0 Å². The van der Waals surface area contributed by atoms with E-state index in [0.29, 0.717) is 74.5 Å². The summed E-state index contributed by atoms with van der Waals surface area (Å²) in [6.07, 6.45) is 0. The Labute approximate surface area is 216 Å². The van der Waals surface area contributed by atoms with Crippen molar-refractivity contribution in [1.82, 2.24) is 4.90 Å². The summed E-state index contributed by atoms with van der Waals surface area (Å²) >= 11 is 0. The van der Waals surface area contributed by atoms with Crippen molar-refractivity contribution in [3.63, 3.8) is 0 Å².